The van der Waals surface area contributed by atoms with Gasteiger partial charge in [0, 0.05) is 10.7 Å². The van der Waals surface area contributed by atoms with Crippen LogP contribution >= 0.6 is 11.8 Å². The molecule has 2 unspecified atom stereocenters. The van der Waals surface area contributed by atoms with E-state index in [1.54, 1.807) is 0 Å². The first-order valence-electron chi connectivity index (χ1n) is 10.5. The predicted molar refractivity (Wildman–Crippen MR) is 117 cm³/mol. The molecule has 1 aromatic rings. The average molecular weight is 404 g/mol. The van der Waals surface area contributed by atoms with Crippen molar-refractivity contribution in [1.82, 2.24) is 0 Å². The summed E-state index contributed by atoms with van der Waals surface area (Å²) in [5.41, 5.74) is 8.32. The molecule has 0 fully saturated rings. The number of thioether (sulfide) groups is 1. The highest BCUT2D eigenvalue weighted by atomic mass is 32.2. The molecule has 0 aromatic heterocycles. The lowest BCUT2D eigenvalue weighted by molar-refractivity contribution is 0.153. The largest absolute Gasteiger partial charge is 0.482 e. The van der Waals surface area contributed by atoms with Gasteiger partial charge in [0.1, 0.15) is 17.1 Å². The van der Waals surface area contributed by atoms with Crippen LogP contribution in [0.3, 0.4) is 0 Å². The monoisotopic (exact) mass is 403 g/mol. The van der Waals surface area contributed by atoms with Gasteiger partial charge in [0.15, 0.2) is 0 Å². The molecule has 3 rings (SSSR count). The van der Waals surface area contributed by atoms with Crippen molar-refractivity contribution >= 4 is 23.4 Å². The van der Waals surface area contributed by atoms with Crippen LogP contribution in [0.25, 0.3) is 5.57 Å². The summed E-state index contributed by atoms with van der Waals surface area (Å²) in [4.78, 5) is 12.8. The zero-order valence-corrected chi connectivity index (χ0v) is 18.6. The number of ether oxygens (including phenoxy) is 2. The molecule has 4 nitrogen and oxygen atoms in total. The van der Waals surface area contributed by atoms with Crippen molar-refractivity contribution in [3.8, 4) is 11.5 Å². The van der Waals surface area contributed by atoms with Crippen LogP contribution in [0.1, 0.15) is 83.8 Å². The van der Waals surface area contributed by atoms with Gasteiger partial charge in [-0.25, -0.2) is 4.79 Å². The highest BCUT2D eigenvalue weighted by molar-refractivity contribution is 8.03. The lowest BCUT2D eigenvalue weighted by atomic mass is 9.83. The van der Waals surface area contributed by atoms with Gasteiger partial charge in [-0.2, -0.15) is 0 Å². The van der Waals surface area contributed by atoms with Crippen molar-refractivity contribution in [3.63, 3.8) is 0 Å². The SMILES string of the molecule is CCCCCC(C)C(C)c1cc(OC(N)=O)c2c(c1)OC(C)(C)C1=C2CCS1. The lowest BCUT2D eigenvalue weighted by Crippen LogP contribution is -2.33. The number of nitrogens with two attached hydrogens (primary N) is 1. The van der Waals surface area contributed by atoms with E-state index in [2.05, 4.69) is 40.7 Å². The molecule has 5 heteroatoms. The van der Waals surface area contributed by atoms with Gasteiger partial charge < -0.3 is 15.2 Å². The molecule has 0 aliphatic carbocycles. The lowest BCUT2D eigenvalue weighted by Gasteiger charge is -2.35. The third-order valence-electron chi connectivity index (χ3n) is 6.03. The quantitative estimate of drug-likeness (QED) is 0.529. The summed E-state index contributed by atoms with van der Waals surface area (Å²) in [5, 5.41) is 0. The second-order valence-corrected chi connectivity index (χ2v) is 9.70. The Kier molecular flexibility index (Phi) is 6.33. The van der Waals surface area contributed by atoms with Crippen LogP contribution in [-0.2, 0) is 0 Å². The first kappa shape index (κ1) is 21.1. The maximum Gasteiger partial charge on any atom is 0.409 e. The van der Waals surface area contributed by atoms with Gasteiger partial charge >= 0.3 is 6.09 Å². The van der Waals surface area contributed by atoms with Crippen molar-refractivity contribution in [2.75, 3.05) is 5.75 Å². The number of amides is 1. The molecule has 2 aliphatic heterocycles. The molecular formula is C23H33NO3S. The molecule has 1 aromatic carbocycles. The number of hydrogen-bond donors (Lipinski definition) is 1. The second-order valence-electron chi connectivity index (χ2n) is 8.59. The van der Waals surface area contributed by atoms with Gasteiger partial charge in [0.05, 0.1) is 5.56 Å². The van der Waals surface area contributed by atoms with E-state index in [4.69, 9.17) is 15.2 Å². The third kappa shape index (κ3) is 4.19. The Morgan fingerprint density at radius 3 is 2.75 bits per heavy atom. The van der Waals surface area contributed by atoms with E-state index in [1.165, 1.54) is 36.2 Å². The summed E-state index contributed by atoms with van der Waals surface area (Å²) in [5.74, 6) is 3.27. The normalized spacial score (nSPS) is 19.5. The van der Waals surface area contributed by atoms with E-state index in [-0.39, 0.29) is 5.60 Å². The molecule has 28 heavy (non-hydrogen) atoms. The Balaban J connectivity index is 2.01. The summed E-state index contributed by atoms with van der Waals surface area (Å²) in [7, 11) is 0. The van der Waals surface area contributed by atoms with E-state index in [0.717, 1.165) is 29.1 Å². The minimum atomic E-state index is -0.777. The molecule has 0 saturated carbocycles. The molecular weight excluding hydrogens is 370 g/mol. The molecule has 2 N–H and O–H groups in total. The number of carbonyl (C=O) groups excluding carboxylic acids is 1. The Labute approximate surface area is 173 Å². The van der Waals surface area contributed by atoms with Crippen LogP contribution in [-0.4, -0.2) is 17.4 Å². The smallest absolute Gasteiger partial charge is 0.409 e. The molecule has 154 valence electrons. The van der Waals surface area contributed by atoms with Gasteiger partial charge in [-0.05, 0) is 55.4 Å². The van der Waals surface area contributed by atoms with Crippen LogP contribution in [0.5, 0.6) is 11.5 Å². The molecule has 0 bridgehead atoms. The van der Waals surface area contributed by atoms with E-state index >= 15 is 0 Å². The highest BCUT2D eigenvalue weighted by Crippen LogP contribution is 2.54. The topological polar surface area (TPSA) is 61.5 Å². The first-order valence-corrected chi connectivity index (χ1v) is 11.4. The highest BCUT2D eigenvalue weighted by Gasteiger charge is 2.40. The van der Waals surface area contributed by atoms with E-state index in [9.17, 15) is 4.79 Å². The zero-order valence-electron chi connectivity index (χ0n) is 17.8. The third-order valence-corrected chi connectivity index (χ3v) is 7.46. The maximum atomic E-state index is 11.6. The summed E-state index contributed by atoms with van der Waals surface area (Å²) in [6.45, 7) is 11.0. The average Bonchev–Trinajstić information content (AvgIpc) is 3.10. The Morgan fingerprint density at radius 2 is 2.07 bits per heavy atom. The second kappa shape index (κ2) is 8.40. The van der Waals surface area contributed by atoms with Crippen LogP contribution in [0.15, 0.2) is 17.0 Å². The fourth-order valence-electron chi connectivity index (χ4n) is 4.29. The van der Waals surface area contributed by atoms with Crippen LogP contribution < -0.4 is 15.2 Å². The minimum absolute atomic E-state index is 0.345. The number of rotatable bonds is 7. The van der Waals surface area contributed by atoms with E-state index < -0.39 is 6.09 Å². The number of benzene rings is 1. The predicted octanol–water partition coefficient (Wildman–Crippen LogP) is 6.48. The van der Waals surface area contributed by atoms with Crippen molar-refractivity contribution in [3.05, 3.63) is 28.2 Å². The molecule has 2 heterocycles. The van der Waals surface area contributed by atoms with E-state index in [0.29, 0.717) is 17.6 Å². The van der Waals surface area contributed by atoms with Gasteiger partial charge in [-0.3, -0.25) is 0 Å². The van der Waals surface area contributed by atoms with Crippen LogP contribution in [0.2, 0.25) is 0 Å². The minimum Gasteiger partial charge on any atom is -0.482 e. The molecule has 2 aliphatic rings. The number of carbonyl (C=O) groups is 1. The Hall–Kier alpha value is -1.62. The van der Waals surface area contributed by atoms with Gasteiger partial charge in [0.2, 0.25) is 0 Å². The van der Waals surface area contributed by atoms with Crippen molar-refractivity contribution in [2.24, 2.45) is 11.7 Å². The number of primary amides is 1. The van der Waals surface area contributed by atoms with E-state index in [1.807, 2.05) is 17.8 Å². The summed E-state index contributed by atoms with van der Waals surface area (Å²) < 4.78 is 11.9. The van der Waals surface area contributed by atoms with Gasteiger partial charge in [-0.15, -0.1) is 11.8 Å². The molecule has 0 radical (unpaired) electrons. The molecule has 2 atom stereocenters. The van der Waals surface area contributed by atoms with Crippen molar-refractivity contribution < 1.29 is 14.3 Å². The van der Waals surface area contributed by atoms with Gasteiger partial charge in [0.25, 0.3) is 0 Å². The number of unbranched alkanes of at least 4 members (excludes halogenated alkanes) is 2. The Bertz CT molecular complexity index is 784. The number of allylic oxidation sites excluding steroid dienone is 1. The maximum absolute atomic E-state index is 11.6. The standard InChI is InChI=1S/C23H33NO3S/c1-6-7-8-9-14(2)15(3)16-12-18(26-22(24)25)20-17-10-11-28-21(17)23(4,5)27-19(20)13-16/h12-15H,6-11H2,1-5H3,(H2,24,25). The molecule has 0 saturated heterocycles. The van der Waals surface area contributed by atoms with Crippen LogP contribution in [0, 0.1) is 5.92 Å². The van der Waals surface area contributed by atoms with Gasteiger partial charge in [-0.1, -0.05) is 46.5 Å². The van der Waals surface area contributed by atoms with Crippen LogP contribution in [0.4, 0.5) is 4.79 Å². The molecule has 0 spiro atoms. The summed E-state index contributed by atoms with van der Waals surface area (Å²) in [6, 6.07) is 4.15. The Morgan fingerprint density at radius 1 is 1.32 bits per heavy atom. The number of fused-ring (bicyclic) bond motifs is 2. The summed E-state index contributed by atoms with van der Waals surface area (Å²) >= 11 is 1.83. The fourth-order valence-corrected chi connectivity index (χ4v) is 5.57. The first-order chi connectivity index (χ1) is 13.2. The summed E-state index contributed by atoms with van der Waals surface area (Å²) in [6.07, 6.45) is 5.11. The molecule has 1 amide bonds. The fraction of sp³-hybridized carbons (Fsp3) is 0.609. The van der Waals surface area contributed by atoms with Crippen molar-refractivity contribution in [1.29, 1.82) is 0 Å². The zero-order chi connectivity index (χ0) is 20.5. The van der Waals surface area contributed by atoms with Crippen molar-refractivity contribution in [2.45, 2.75) is 78.2 Å². The number of hydrogen-bond acceptors (Lipinski definition) is 4.